The van der Waals surface area contributed by atoms with E-state index in [2.05, 4.69) is 10.6 Å². The van der Waals surface area contributed by atoms with Gasteiger partial charge < -0.3 is 39.1 Å². The Labute approximate surface area is 318 Å². The maximum absolute atomic E-state index is 13.2. The number of esters is 4. The molecule has 0 aromatic heterocycles. The fraction of sp³-hybridized carbons (Fsp3) is 0.268. The molecule has 2 N–H and O–H groups in total. The van der Waals surface area contributed by atoms with Gasteiger partial charge >= 0.3 is 36.1 Å². The summed E-state index contributed by atoms with van der Waals surface area (Å²) in [6, 6.07) is 32.3. The van der Waals surface area contributed by atoms with Gasteiger partial charge in [-0.25, -0.2) is 19.2 Å². The summed E-state index contributed by atoms with van der Waals surface area (Å²) in [5, 5.41) is 4.67. The van der Waals surface area contributed by atoms with Crippen LogP contribution in [-0.2, 0) is 74.0 Å². The van der Waals surface area contributed by atoms with Gasteiger partial charge in [0.05, 0.1) is 12.8 Å². The van der Waals surface area contributed by atoms with Gasteiger partial charge in [0.2, 0.25) is 0 Å². The smallest absolute Gasteiger partial charge is 0.408 e. The highest BCUT2D eigenvalue weighted by Crippen LogP contribution is 2.10. The van der Waals surface area contributed by atoms with E-state index in [9.17, 15) is 28.8 Å². The zero-order valence-corrected chi connectivity index (χ0v) is 30.1. The Bertz CT molecular complexity index is 1710. The van der Waals surface area contributed by atoms with Crippen LogP contribution in [0.15, 0.2) is 121 Å². The Kier molecular flexibility index (Phi) is 16.7. The van der Waals surface area contributed by atoms with Gasteiger partial charge in [0, 0.05) is 0 Å². The molecule has 0 aliphatic heterocycles. The molecule has 0 fully saturated rings. The zero-order chi connectivity index (χ0) is 39.3. The molecule has 0 aliphatic rings. The Hall–Kier alpha value is -6.70. The van der Waals surface area contributed by atoms with Crippen molar-refractivity contribution in [1.82, 2.24) is 10.6 Å². The number of carbonyl (C=O) groups is 6. The third-order valence-corrected chi connectivity index (χ3v) is 7.58. The second-order valence-electron chi connectivity index (χ2n) is 12.1. The number of amides is 2. The Balaban J connectivity index is 1.34. The van der Waals surface area contributed by atoms with Crippen LogP contribution in [0.1, 0.15) is 42.0 Å². The van der Waals surface area contributed by atoms with Gasteiger partial charge in [0.15, 0.2) is 0 Å². The fourth-order valence-electron chi connectivity index (χ4n) is 4.74. The molecule has 0 saturated carbocycles. The van der Waals surface area contributed by atoms with E-state index in [0.29, 0.717) is 22.3 Å². The largest absolute Gasteiger partial charge is 0.461 e. The fourth-order valence-corrected chi connectivity index (χ4v) is 4.74. The molecule has 288 valence electrons. The number of nitrogens with one attached hydrogen (secondary N) is 2. The van der Waals surface area contributed by atoms with Crippen LogP contribution in [-0.4, -0.2) is 60.9 Å². The summed E-state index contributed by atoms with van der Waals surface area (Å²) in [5.41, 5.74) is 2.80. The molecule has 0 heterocycles. The van der Waals surface area contributed by atoms with Crippen molar-refractivity contribution in [1.29, 1.82) is 0 Å². The van der Waals surface area contributed by atoms with Gasteiger partial charge in [0.1, 0.15) is 51.2 Å². The molecule has 4 aromatic carbocycles. The molecule has 2 amide bonds. The summed E-state index contributed by atoms with van der Waals surface area (Å²) in [7, 11) is 0. The SMILES string of the molecule is CC(COC(=O)[C@H](CC(=O)OCc1ccccc1)NC(=O)OCc1ccccc1)OC(=O)[C@H](CC(=O)OCc1ccccc1)NC(=O)OCc1ccccc1. The first kappa shape index (κ1) is 41.1. The third-order valence-electron chi connectivity index (χ3n) is 7.58. The lowest BCUT2D eigenvalue weighted by atomic mass is 10.2. The standard InChI is InChI=1S/C41H42N2O12/c1-29(55-39(47)35(23-37(45)51-26-31-16-8-3-9-17-31)43-41(49)54-28-33-20-12-5-13-21-33)24-52-38(46)34(22-36(44)50-25-30-14-6-2-7-15-30)42-40(48)53-27-32-18-10-4-11-19-32/h2-21,29,34-35H,22-28H2,1H3,(H,42,48)(H,43,49)/t29?,34-,35-/m0/s1. The molecule has 0 bridgehead atoms. The molecule has 0 radical (unpaired) electrons. The summed E-state index contributed by atoms with van der Waals surface area (Å²) in [6.45, 7) is 0.532. The molecule has 14 nitrogen and oxygen atoms in total. The Morgan fingerprint density at radius 2 is 0.782 bits per heavy atom. The van der Waals surface area contributed by atoms with Crippen molar-refractivity contribution in [2.75, 3.05) is 6.61 Å². The highest BCUT2D eigenvalue weighted by atomic mass is 16.6. The van der Waals surface area contributed by atoms with Gasteiger partial charge in [-0.15, -0.1) is 0 Å². The van der Waals surface area contributed by atoms with E-state index in [4.69, 9.17) is 28.4 Å². The monoisotopic (exact) mass is 754 g/mol. The van der Waals surface area contributed by atoms with E-state index >= 15 is 0 Å². The van der Waals surface area contributed by atoms with Crippen LogP contribution < -0.4 is 10.6 Å². The lowest BCUT2D eigenvalue weighted by Crippen LogP contribution is -2.46. The second-order valence-corrected chi connectivity index (χ2v) is 12.1. The van der Waals surface area contributed by atoms with Crippen LogP contribution in [0, 0.1) is 0 Å². The lowest BCUT2D eigenvalue weighted by molar-refractivity contribution is -0.163. The predicted molar refractivity (Wildman–Crippen MR) is 195 cm³/mol. The quantitative estimate of drug-likeness (QED) is 0.0931. The number of hydrogen-bond donors (Lipinski definition) is 2. The highest BCUT2D eigenvalue weighted by Gasteiger charge is 2.31. The molecule has 3 atom stereocenters. The van der Waals surface area contributed by atoms with Gasteiger partial charge in [0.25, 0.3) is 0 Å². The minimum absolute atomic E-state index is 0.0678. The third kappa shape index (κ3) is 15.8. The van der Waals surface area contributed by atoms with Crippen molar-refractivity contribution in [3.05, 3.63) is 144 Å². The molecule has 4 aromatic rings. The lowest BCUT2D eigenvalue weighted by Gasteiger charge is -2.21. The molecule has 55 heavy (non-hydrogen) atoms. The number of rotatable bonds is 19. The van der Waals surface area contributed by atoms with Crippen LogP contribution in [0.4, 0.5) is 9.59 Å². The first-order valence-corrected chi connectivity index (χ1v) is 17.3. The Morgan fingerprint density at radius 3 is 1.15 bits per heavy atom. The minimum Gasteiger partial charge on any atom is -0.461 e. The van der Waals surface area contributed by atoms with Crippen molar-refractivity contribution >= 4 is 36.1 Å². The summed E-state index contributed by atoms with van der Waals surface area (Å²) in [4.78, 5) is 77.1. The first-order valence-electron chi connectivity index (χ1n) is 17.3. The van der Waals surface area contributed by atoms with Crippen molar-refractivity contribution in [3.63, 3.8) is 0 Å². The van der Waals surface area contributed by atoms with Crippen LogP contribution >= 0.6 is 0 Å². The molecule has 4 rings (SSSR count). The minimum atomic E-state index is -1.53. The Morgan fingerprint density at radius 1 is 0.455 bits per heavy atom. The second kappa shape index (κ2) is 22.4. The topological polar surface area (TPSA) is 182 Å². The van der Waals surface area contributed by atoms with Crippen molar-refractivity contribution in [3.8, 4) is 0 Å². The van der Waals surface area contributed by atoms with Crippen molar-refractivity contribution < 1.29 is 57.2 Å². The van der Waals surface area contributed by atoms with E-state index in [1.165, 1.54) is 6.92 Å². The number of ether oxygens (including phenoxy) is 6. The average molecular weight is 755 g/mol. The average Bonchev–Trinajstić information content (AvgIpc) is 3.20. The van der Waals surface area contributed by atoms with E-state index in [0.717, 1.165) is 0 Å². The maximum atomic E-state index is 13.2. The van der Waals surface area contributed by atoms with E-state index < -0.39 is 73.7 Å². The molecular formula is C41H42N2O12. The van der Waals surface area contributed by atoms with Crippen LogP contribution in [0.25, 0.3) is 0 Å². The number of benzene rings is 4. The molecule has 14 heteroatoms. The zero-order valence-electron chi connectivity index (χ0n) is 30.1. The highest BCUT2D eigenvalue weighted by molar-refractivity contribution is 5.87. The normalized spacial score (nSPS) is 12.1. The van der Waals surface area contributed by atoms with E-state index in [-0.39, 0.29) is 26.4 Å². The van der Waals surface area contributed by atoms with Gasteiger partial charge in [-0.2, -0.15) is 0 Å². The summed E-state index contributed by atoms with van der Waals surface area (Å²) >= 11 is 0. The van der Waals surface area contributed by atoms with E-state index in [1.54, 1.807) is 121 Å². The van der Waals surface area contributed by atoms with Crippen molar-refractivity contribution in [2.45, 2.75) is 64.4 Å². The van der Waals surface area contributed by atoms with Crippen LogP contribution in [0.3, 0.4) is 0 Å². The molecule has 0 aliphatic carbocycles. The maximum Gasteiger partial charge on any atom is 0.408 e. The first-order chi connectivity index (χ1) is 26.6. The summed E-state index contributed by atoms with van der Waals surface area (Å²) in [5.74, 6) is -3.69. The van der Waals surface area contributed by atoms with Crippen LogP contribution in [0.5, 0.6) is 0 Å². The summed E-state index contributed by atoms with van der Waals surface area (Å²) < 4.78 is 31.7. The predicted octanol–water partition coefficient (Wildman–Crippen LogP) is 5.32. The summed E-state index contributed by atoms with van der Waals surface area (Å²) in [6.07, 6.45) is -4.29. The number of carbonyl (C=O) groups excluding carboxylic acids is 6. The molecule has 1 unspecified atom stereocenters. The van der Waals surface area contributed by atoms with Gasteiger partial charge in [-0.1, -0.05) is 121 Å². The van der Waals surface area contributed by atoms with Crippen molar-refractivity contribution in [2.24, 2.45) is 0 Å². The molecule has 0 spiro atoms. The van der Waals surface area contributed by atoms with E-state index in [1.807, 2.05) is 0 Å². The molecule has 0 saturated heterocycles. The van der Waals surface area contributed by atoms with Crippen LogP contribution in [0.2, 0.25) is 0 Å². The molecular weight excluding hydrogens is 712 g/mol. The van der Waals surface area contributed by atoms with Gasteiger partial charge in [-0.3, -0.25) is 9.59 Å². The van der Waals surface area contributed by atoms with Gasteiger partial charge in [-0.05, 0) is 29.2 Å². The number of alkyl carbamates (subject to hydrolysis) is 2. The number of hydrogen-bond acceptors (Lipinski definition) is 12.